The van der Waals surface area contributed by atoms with Crippen LogP contribution in [0, 0.1) is 11.8 Å². The van der Waals surface area contributed by atoms with E-state index >= 15 is 0 Å². The molecule has 0 bridgehead atoms. The van der Waals surface area contributed by atoms with Crippen molar-refractivity contribution >= 4 is 5.78 Å². The molecule has 1 saturated heterocycles. The van der Waals surface area contributed by atoms with Gasteiger partial charge in [0.2, 0.25) is 0 Å². The molecule has 0 aromatic carbocycles. The van der Waals surface area contributed by atoms with Gasteiger partial charge in [-0.05, 0) is 24.3 Å². The van der Waals surface area contributed by atoms with E-state index in [4.69, 9.17) is 9.47 Å². The normalized spacial score (nSPS) is 38.3. The predicted octanol–water partition coefficient (Wildman–Crippen LogP) is 1.67. The van der Waals surface area contributed by atoms with Gasteiger partial charge in [-0.3, -0.25) is 4.79 Å². The third kappa shape index (κ3) is 1.64. The minimum atomic E-state index is -0.443. The van der Waals surface area contributed by atoms with Crippen molar-refractivity contribution in [2.75, 3.05) is 13.2 Å². The van der Waals surface area contributed by atoms with Gasteiger partial charge in [0.1, 0.15) is 5.78 Å². The van der Waals surface area contributed by atoms with E-state index in [2.05, 4.69) is 6.08 Å². The van der Waals surface area contributed by atoms with Crippen molar-refractivity contribution in [1.82, 2.24) is 0 Å². The number of ether oxygens (including phenoxy) is 2. The van der Waals surface area contributed by atoms with E-state index in [1.165, 1.54) is 0 Å². The van der Waals surface area contributed by atoms with Crippen LogP contribution in [0.5, 0.6) is 0 Å². The zero-order valence-corrected chi connectivity index (χ0v) is 8.78. The van der Waals surface area contributed by atoms with Crippen LogP contribution in [0.25, 0.3) is 0 Å². The topological polar surface area (TPSA) is 35.5 Å². The average molecular weight is 208 g/mol. The third-order valence-electron chi connectivity index (χ3n) is 3.78. The van der Waals surface area contributed by atoms with Gasteiger partial charge in [-0.25, -0.2) is 0 Å². The second kappa shape index (κ2) is 3.42. The third-order valence-corrected chi connectivity index (χ3v) is 3.78. The smallest absolute Gasteiger partial charge is 0.188 e. The highest BCUT2D eigenvalue weighted by Gasteiger charge is 2.43. The van der Waals surface area contributed by atoms with Crippen LogP contribution in [0.3, 0.4) is 0 Å². The van der Waals surface area contributed by atoms with Gasteiger partial charge < -0.3 is 9.47 Å². The molecule has 1 aliphatic heterocycles. The quantitative estimate of drug-likeness (QED) is 0.568. The van der Waals surface area contributed by atoms with E-state index in [1.807, 2.05) is 6.08 Å². The van der Waals surface area contributed by atoms with Crippen LogP contribution in [0.2, 0.25) is 0 Å². The molecule has 3 nitrogen and oxygen atoms in total. The van der Waals surface area contributed by atoms with Crippen LogP contribution in [0.1, 0.15) is 25.7 Å². The molecule has 15 heavy (non-hydrogen) atoms. The van der Waals surface area contributed by atoms with E-state index in [-0.39, 0.29) is 0 Å². The summed E-state index contributed by atoms with van der Waals surface area (Å²) in [6.07, 6.45) is 7.56. The zero-order valence-electron chi connectivity index (χ0n) is 8.78. The minimum absolute atomic E-state index is 0.408. The molecule has 3 aliphatic rings. The Morgan fingerprint density at radius 3 is 2.93 bits per heavy atom. The second-order valence-electron chi connectivity index (χ2n) is 4.78. The number of hydrogen-bond donors (Lipinski definition) is 0. The van der Waals surface area contributed by atoms with Crippen molar-refractivity contribution in [3.8, 4) is 0 Å². The molecule has 2 fully saturated rings. The Kier molecular flexibility index (Phi) is 2.18. The van der Waals surface area contributed by atoms with Crippen molar-refractivity contribution in [3.63, 3.8) is 0 Å². The summed E-state index contributed by atoms with van der Waals surface area (Å²) < 4.78 is 11.3. The number of Topliss-reactive ketones (excluding diaryl/α,β-unsaturated/α-hetero) is 1. The Bertz CT molecular complexity index is 302. The zero-order chi connectivity index (χ0) is 10.3. The number of ketones is 1. The Labute approximate surface area is 89.4 Å². The van der Waals surface area contributed by atoms with E-state index in [9.17, 15) is 4.79 Å². The second-order valence-corrected chi connectivity index (χ2v) is 4.78. The summed E-state index contributed by atoms with van der Waals surface area (Å²) in [4.78, 5) is 11.3. The van der Waals surface area contributed by atoms with Gasteiger partial charge in [-0.2, -0.15) is 0 Å². The first-order valence-electron chi connectivity index (χ1n) is 5.76. The number of allylic oxidation sites excluding steroid dienone is 1. The molecule has 1 spiro atoms. The first-order chi connectivity index (χ1) is 7.27. The molecular formula is C12H16O3. The van der Waals surface area contributed by atoms with Gasteiger partial charge in [-0.15, -0.1) is 0 Å². The summed E-state index contributed by atoms with van der Waals surface area (Å²) in [5.74, 6) is 0.974. The van der Waals surface area contributed by atoms with Crippen LogP contribution in [0.15, 0.2) is 12.2 Å². The molecule has 3 heteroatoms. The van der Waals surface area contributed by atoms with Crippen molar-refractivity contribution < 1.29 is 14.3 Å². The van der Waals surface area contributed by atoms with Crippen LogP contribution in [-0.4, -0.2) is 24.8 Å². The summed E-state index contributed by atoms with van der Waals surface area (Å²) in [6, 6.07) is 0. The number of rotatable bonds is 0. The Morgan fingerprint density at radius 1 is 1.33 bits per heavy atom. The van der Waals surface area contributed by atoms with Crippen molar-refractivity contribution in [2.24, 2.45) is 11.8 Å². The number of fused-ring (bicyclic) bond motifs is 1. The molecule has 1 heterocycles. The summed E-state index contributed by atoms with van der Waals surface area (Å²) in [6.45, 7) is 1.39. The Hall–Kier alpha value is -0.670. The van der Waals surface area contributed by atoms with Gasteiger partial charge in [0.15, 0.2) is 5.79 Å². The van der Waals surface area contributed by atoms with Crippen LogP contribution >= 0.6 is 0 Å². The molecule has 0 unspecified atom stereocenters. The molecule has 82 valence electrons. The van der Waals surface area contributed by atoms with Crippen molar-refractivity contribution in [1.29, 1.82) is 0 Å². The molecule has 0 N–H and O–H groups in total. The highest BCUT2D eigenvalue weighted by molar-refractivity contribution is 5.79. The average Bonchev–Trinajstić information content (AvgIpc) is 2.67. The summed E-state index contributed by atoms with van der Waals surface area (Å²) in [7, 11) is 0. The molecule has 2 atom stereocenters. The number of hydrogen-bond acceptors (Lipinski definition) is 3. The van der Waals surface area contributed by atoms with E-state index < -0.39 is 5.79 Å². The lowest BCUT2D eigenvalue weighted by Gasteiger charge is -2.38. The molecule has 1 saturated carbocycles. The van der Waals surface area contributed by atoms with Gasteiger partial charge >= 0.3 is 0 Å². The number of carbonyl (C=O) groups is 1. The molecule has 0 radical (unpaired) electrons. The molecule has 2 aliphatic carbocycles. The molecule has 0 amide bonds. The van der Waals surface area contributed by atoms with Gasteiger partial charge in [0.05, 0.1) is 13.2 Å². The standard InChI is InChI=1S/C12H16O3/c13-11-2-1-10-8-12(14-5-6-15-12)4-3-9(10)7-11/h3-4,9-10H,1-2,5-8H2/t9-,10+/m1/s1. The minimum Gasteiger partial charge on any atom is -0.344 e. The highest BCUT2D eigenvalue weighted by Crippen LogP contribution is 2.42. The van der Waals surface area contributed by atoms with Gasteiger partial charge in [-0.1, -0.05) is 6.08 Å². The largest absolute Gasteiger partial charge is 0.344 e. The Balaban J connectivity index is 1.80. The van der Waals surface area contributed by atoms with Crippen LogP contribution in [0.4, 0.5) is 0 Å². The fourth-order valence-electron chi connectivity index (χ4n) is 2.96. The Morgan fingerprint density at radius 2 is 2.13 bits per heavy atom. The number of carbonyl (C=O) groups excluding carboxylic acids is 1. The van der Waals surface area contributed by atoms with Gasteiger partial charge in [0.25, 0.3) is 0 Å². The summed E-state index contributed by atoms with van der Waals surface area (Å²) in [5, 5.41) is 0. The first kappa shape index (κ1) is 9.55. The highest BCUT2D eigenvalue weighted by atomic mass is 16.7. The lowest BCUT2D eigenvalue weighted by atomic mass is 9.72. The molecule has 0 aromatic rings. The molecule has 0 aromatic heterocycles. The predicted molar refractivity (Wildman–Crippen MR) is 54.2 cm³/mol. The molecule has 3 rings (SSSR count). The van der Waals surface area contributed by atoms with E-state index in [0.717, 1.165) is 25.7 Å². The maximum Gasteiger partial charge on any atom is 0.188 e. The summed E-state index contributed by atoms with van der Waals surface area (Å²) in [5.41, 5.74) is 0. The lowest BCUT2D eigenvalue weighted by Crippen LogP contribution is -2.38. The monoisotopic (exact) mass is 208 g/mol. The summed E-state index contributed by atoms with van der Waals surface area (Å²) >= 11 is 0. The fraction of sp³-hybridized carbons (Fsp3) is 0.750. The van der Waals surface area contributed by atoms with E-state index in [1.54, 1.807) is 0 Å². The SMILES string of the molecule is O=C1CC[C@H]2CC3(C=C[C@@H]2C1)OCCO3. The van der Waals surface area contributed by atoms with Crippen LogP contribution < -0.4 is 0 Å². The maximum absolute atomic E-state index is 11.3. The van der Waals surface area contributed by atoms with Gasteiger partial charge in [0, 0.05) is 19.3 Å². The molecular weight excluding hydrogens is 192 g/mol. The van der Waals surface area contributed by atoms with Crippen LogP contribution in [-0.2, 0) is 14.3 Å². The fourth-order valence-corrected chi connectivity index (χ4v) is 2.96. The van der Waals surface area contributed by atoms with Crippen molar-refractivity contribution in [2.45, 2.75) is 31.5 Å². The first-order valence-corrected chi connectivity index (χ1v) is 5.76. The van der Waals surface area contributed by atoms with Crippen molar-refractivity contribution in [3.05, 3.63) is 12.2 Å². The lowest BCUT2D eigenvalue weighted by molar-refractivity contribution is -0.144. The maximum atomic E-state index is 11.3. The van der Waals surface area contributed by atoms with E-state index in [0.29, 0.717) is 30.8 Å².